The molecule has 2 aliphatic rings. The molecule has 0 heterocycles. The Morgan fingerprint density at radius 3 is 2.76 bits per heavy atom. The number of halogens is 1. The minimum atomic E-state index is 0.127. The van der Waals surface area contributed by atoms with Gasteiger partial charge in [0.1, 0.15) is 0 Å². The highest BCUT2D eigenvalue weighted by molar-refractivity contribution is 9.10. The standard InChI is InChI=1S/C15H19BrO/c1-10-5-12(10)7-15(9-17)6-11-3-2-4-14(16)13(11)8-15/h2-4,10,12,17H,5-9H2,1H3. The largest absolute Gasteiger partial charge is 0.396 e. The van der Waals surface area contributed by atoms with Crippen molar-refractivity contribution in [1.29, 1.82) is 0 Å². The molecule has 1 aromatic rings. The van der Waals surface area contributed by atoms with E-state index >= 15 is 0 Å². The molecule has 17 heavy (non-hydrogen) atoms. The summed E-state index contributed by atoms with van der Waals surface area (Å²) >= 11 is 3.64. The van der Waals surface area contributed by atoms with Crippen molar-refractivity contribution >= 4 is 15.9 Å². The van der Waals surface area contributed by atoms with E-state index in [1.807, 2.05) is 0 Å². The average Bonchev–Trinajstić information content (AvgIpc) is 2.86. The Morgan fingerprint density at radius 2 is 2.18 bits per heavy atom. The summed E-state index contributed by atoms with van der Waals surface area (Å²) in [7, 11) is 0. The third-order valence-corrected chi connectivity index (χ3v) is 5.38. The predicted octanol–water partition coefficient (Wildman–Crippen LogP) is 3.57. The van der Waals surface area contributed by atoms with Crippen LogP contribution < -0.4 is 0 Å². The van der Waals surface area contributed by atoms with Crippen LogP contribution in [0.4, 0.5) is 0 Å². The van der Waals surface area contributed by atoms with Crippen LogP contribution in [0.15, 0.2) is 22.7 Å². The Labute approximate surface area is 111 Å². The van der Waals surface area contributed by atoms with Gasteiger partial charge in [-0.2, -0.15) is 0 Å². The summed E-state index contributed by atoms with van der Waals surface area (Å²) in [5, 5.41) is 9.83. The van der Waals surface area contributed by atoms with E-state index in [1.165, 1.54) is 28.4 Å². The Hall–Kier alpha value is -0.340. The van der Waals surface area contributed by atoms with E-state index in [0.29, 0.717) is 6.61 Å². The van der Waals surface area contributed by atoms with E-state index in [0.717, 1.165) is 24.7 Å². The van der Waals surface area contributed by atoms with Gasteiger partial charge in [-0.05, 0) is 54.7 Å². The number of benzene rings is 1. The van der Waals surface area contributed by atoms with Gasteiger partial charge in [-0.25, -0.2) is 0 Å². The molecule has 3 unspecified atom stereocenters. The van der Waals surface area contributed by atoms with Gasteiger partial charge in [0, 0.05) is 16.5 Å². The molecule has 2 aliphatic carbocycles. The van der Waals surface area contributed by atoms with Crippen molar-refractivity contribution in [1.82, 2.24) is 0 Å². The number of rotatable bonds is 3. The first-order valence-corrected chi connectivity index (χ1v) is 7.30. The second-order valence-electron chi connectivity index (χ2n) is 6.07. The lowest BCUT2D eigenvalue weighted by Crippen LogP contribution is -2.27. The zero-order valence-electron chi connectivity index (χ0n) is 10.2. The molecule has 0 spiro atoms. The normalized spacial score (nSPS) is 34.8. The fourth-order valence-electron chi connectivity index (χ4n) is 3.37. The van der Waals surface area contributed by atoms with Crippen LogP contribution in [-0.4, -0.2) is 11.7 Å². The second-order valence-corrected chi connectivity index (χ2v) is 6.92. The molecule has 1 fully saturated rings. The van der Waals surface area contributed by atoms with Gasteiger partial charge in [0.2, 0.25) is 0 Å². The Bertz CT molecular complexity index is 443. The van der Waals surface area contributed by atoms with Crippen molar-refractivity contribution in [2.45, 2.75) is 32.6 Å². The molecule has 1 nitrogen and oxygen atoms in total. The van der Waals surface area contributed by atoms with Crippen LogP contribution in [0.3, 0.4) is 0 Å². The highest BCUT2D eigenvalue weighted by Gasteiger charge is 2.44. The number of aliphatic hydroxyl groups is 1. The van der Waals surface area contributed by atoms with Crippen LogP contribution in [0.1, 0.15) is 30.9 Å². The summed E-state index contributed by atoms with van der Waals surface area (Å²) in [4.78, 5) is 0. The van der Waals surface area contributed by atoms with Gasteiger partial charge in [-0.15, -0.1) is 0 Å². The molecule has 0 amide bonds. The van der Waals surface area contributed by atoms with Crippen LogP contribution in [-0.2, 0) is 12.8 Å². The Kier molecular flexibility index (Phi) is 2.83. The SMILES string of the molecule is CC1CC1CC1(CO)Cc2cccc(Br)c2C1. The van der Waals surface area contributed by atoms with Gasteiger partial charge in [0.15, 0.2) is 0 Å². The second kappa shape index (κ2) is 4.10. The van der Waals surface area contributed by atoms with Gasteiger partial charge >= 0.3 is 0 Å². The summed E-state index contributed by atoms with van der Waals surface area (Å²) in [5.74, 6) is 1.74. The van der Waals surface area contributed by atoms with Crippen molar-refractivity contribution in [3.05, 3.63) is 33.8 Å². The minimum Gasteiger partial charge on any atom is -0.396 e. The topological polar surface area (TPSA) is 20.2 Å². The number of hydrogen-bond donors (Lipinski definition) is 1. The van der Waals surface area contributed by atoms with Crippen molar-refractivity contribution in [2.75, 3.05) is 6.61 Å². The van der Waals surface area contributed by atoms with E-state index in [4.69, 9.17) is 0 Å². The monoisotopic (exact) mass is 294 g/mol. The van der Waals surface area contributed by atoms with Gasteiger partial charge in [-0.3, -0.25) is 0 Å². The van der Waals surface area contributed by atoms with Crippen molar-refractivity contribution in [3.8, 4) is 0 Å². The van der Waals surface area contributed by atoms with E-state index in [2.05, 4.69) is 41.1 Å². The molecule has 3 rings (SSSR count). The quantitative estimate of drug-likeness (QED) is 0.904. The van der Waals surface area contributed by atoms with Crippen LogP contribution in [0.25, 0.3) is 0 Å². The van der Waals surface area contributed by atoms with Crippen molar-refractivity contribution in [3.63, 3.8) is 0 Å². The summed E-state index contributed by atoms with van der Waals surface area (Å²) in [6, 6.07) is 6.44. The molecule has 3 atom stereocenters. The summed E-state index contributed by atoms with van der Waals surface area (Å²) in [6.45, 7) is 2.66. The highest BCUT2D eigenvalue weighted by Crippen LogP contribution is 2.51. The molecule has 1 saturated carbocycles. The maximum atomic E-state index is 9.83. The molecule has 0 radical (unpaired) electrons. The van der Waals surface area contributed by atoms with Crippen molar-refractivity contribution < 1.29 is 5.11 Å². The molecule has 92 valence electrons. The summed E-state index contributed by atoms with van der Waals surface area (Å²) < 4.78 is 1.22. The average molecular weight is 295 g/mol. The lowest BCUT2D eigenvalue weighted by Gasteiger charge is -2.26. The van der Waals surface area contributed by atoms with Crippen LogP contribution in [0, 0.1) is 17.3 Å². The molecular weight excluding hydrogens is 276 g/mol. The zero-order chi connectivity index (χ0) is 12.0. The van der Waals surface area contributed by atoms with Gasteiger partial charge in [-0.1, -0.05) is 35.0 Å². The minimum absolute atomic E-state index is 0.127. The fourth-order valence-corrected chi connectivity index (χ4v) is 3.92. The lowest BCUT2D eigenvalue weighted by atomic mass is 9.80. The maximum absolute atomic E-state index is 9.83. The molecule has 1 aromatic carbocycles. The molecule has 0 saturated heterocycles. The first kappa shape index (κ1) is 11.7. The third-order valence-electron chi connectivity index (χ3n) is 4.64. The molecule has 0 aliphatic heterocycles. The molecular formula is C15H19BrO. The highest BCUT2D eigenvalue weighted by atomic mass is 79.9. The van der Waals surface area contributed by atoms with Gasteiger partial charge < -0.3 is 5.11 Å². The van der Waals surface area contributed by atoms with Gasteiger partial charge in [0.25, 0.3) is 0 Å². The van der Waals surface area contributed by atoms with Crippen LogP contribution >= 0.6 is 15.9 Å². The molecule has 0 bridgehead atoms. The first-order chi connectivity index (χ1) is 8.13. The number of hydrogen-bond acceptors (Lipinski definition) is 1. The van der Waals surface area contributed by atoms with Crippen LogP contribution in [0.2, 0.25) is 0 Å². The summed E-state index contributed by atoms with van der Waals surface area (Å²) in [6.07, 6.45) is 4.66. The predicted molar refractivity (Wildman–Crippen MR) is 73.0 cm³/mol. The zero-order valence-corrected chi connectivity index (χ0v) is 11.8. The number of fused-ring (bicyclic) bond motifs is 1. The molecule has 1 N–H and O–H groups in total. The Morgan fingerprint density at radius 1 is 1.41 bits per heavy atom. The molecule has 0 aromatic heterocycles. The van der Waals surface area contributed by atoms with Crippen LogP contribution in [0.5, 0.6) is 0 Å². The van der Waals surface area contributed by atoms with E-state index in [1.54, 1.807) is 0 Å². The fraction of sp³-hybridized carbons (Fsp3) is 0.600. The Balaban J connectivity index is 1.84. The third kappa shape index (κ3) is 2.06. The van der Waals surface area contributed by atoms with E-state index in [-0.39, 0.29) is 5.41 Å². The summed E-state index contributed by atoms with van der Waals surface area (Å²) in [5.41, 5.74) is 2.98. The maximum Gasteiger partial charge on any atom is 0.0493 e. The van der Waals surface area contributed by atoms with Crippen molar-refractivity contribution in [2.24, 2.45) is 17.3 Å². The lowest BCUT2D eigenvalue weighted by molar-refractivity contribution is 0.116. The first-order valence-electron chi connectivity index (χ1n) is 6.51. The van der Waals surface area contributed by atoms with Gasteiger partial charge in [0.05, 0.1) is 0 Å². The number of aliphatic hydroxyl groups excluding tert-OH is 1. The smallest absolute Gasteiger partial charge is 0.0493 e. The van der Waals surface area contributed by atoms with E-state index < -0.39 is 0 Å². The van der Waals surface area contributed by atoms with E-state index in [9.17, 15) is 5.11 Å². The molecule has 2 heteroatoms.